The van der Waals surface area contributed by atoms with Gasteiger partial charge in [0.05, 0.1) is 6.04 Å². The number of rotatable bonds is 5. The molecule has 0 bridgehead atoms. The summed E-state index contributed by atoms with van der Waals surface area (Å²) >= 11 is 0. The molecule has 0 rings (SSSR count). The van der Waals surface area contributed by atoms with E-state index in [0.29, 0.717) is 13.0 Å². The Labute approximate surface area is 96.3 Å². The van der Waals surface area contributed by atoms with Crippen LogP contribution in [-0.2, 0) is 4.79 Å². The van der Waals surface area contributed by atoms with Crippen LogP contribution in [0.15, 0.2) is 5.16 Å². The molecule has 0 aliphatic carbocycles. The maximum atomic E-state index is 11.4. The second-order valence-corrected chi connectivity index (χ2v) is 4.75. The van der Waals surface area contributed by atoms with Gasteiger partial charge in [-0.3, -0.25) is 4.79 Å². The van der Waals surface area contributed by atoms with Gasteiger partial charge in [0.15, 0.2) is 5.84 Å². The van der Waals surface area contributed by atoms with E-state index >= 15 is 0 Å². The smallest absolute Gasteiger partial charge is 0.221 e. The van der Waals surface area contributed by atoms with Crippen molar-refractivity contribution in [2.75, 3.05) is 6.54 Å². The van der Waals surface area contributed by atoms with E-state index in [2.05, 4.69) is 15.8 Å². The van der Waals surface area contributed by atoms with Crippen LogP contribution in [0, 0.1) is 0 Å². The first-order valence-corrected chi connectivity index (χ1v) is 5.28. The zero-order valence-electron chi connectivity index (χ0n) is 10.4. The molecule has 0 saturated heterocycles. The molecule has 5 N–H and O–H groups in total. The Morgan fingerprint density at radius 1 is 1.50 bits per heavy atom. The van der Waals surface area contributed by atoms with Crippen molar-refractivity contribution >= 4 is 11.7 Å². The van der Waals surface area contributed by atoms with Gasteiger partial charge in [-0.15, -0.1) is 0 Å². The fraction of sp³-hybridized carbons (Fsp3) is 0.800. The number of nitrogens with two attached hydrogens (primary N) is 1. The molecular formula is C10H22N4O2. The van der Waals surface area contributed by atoms with Crippen molar-refractivity contribution in [2.24, 2.45) is 10.9 Å². The summed E-state index contributed by atoms with van der Waals surface area (Å²) in [5.74, 6) is 0.0861. The molecule has 0 spiro atoms. The summed E-state index contributed by atoms with van der Waals surface area (Å²) < 4.78 is 0. The molecule has 1 unspecified atom stereocenters. The van der Waals surface area contributed by atoms with Gasteiger partial charge in [0.2, 0.25) is 5.91 Å². The van der Waals surface area contributed by atoms with Crippen molar-refractivity contribution in [1.82, 2.24) is 10.6 Å². The number of carbonyl (C=O) groups excluding carboxylic acids is 1. The van der Waals surface area contributed by atoms with E-state index in [1.165, 1.54) is 0 Å². The predicted octanol–water partition coefficient (Wildman–Crippen LogP) is 0.0157. The summed E-state index contributed by atoms with van der Waals surface area (Å²) in [6.07, 6.45) is 0.361. The van der Waals surface area contributed by atoms with Gasteiger partial charge in [-0.25, -0.2) is 0 Å². The zero-order valence-corrected chi connectivity index (χ0v) is 10.4. The molecule has 16 heavy (non-hydrogen) atoms. The average molecular weight is 230 g/mol. The van der Waals surface area contributed by atoms with Crippen LogP contribution >= 0.6 is 0 Å². The quantitative estimate of drug-likeness (QED) is 0.231. The topological polar surface area (TPSA) is 99.7 Å². The van der Waals surface area contributed by atoms with E-state index < -0.39 is 0 Å². The molecule has 0 fully saturated rings. The fourth-order valence-corrected chi connectivity index (χ4v) is 1.07. The largest absolute Gasteiger partial charge is 0.409 e. The summed E-state index contributed by atoms with van der Waals surface area (Å²) in [5, 5.41) is 17.1. The van der Waals surface area contributed by atoms with Crippen LogP contribution < -0.4 is 16.4 Å². The van der Waals surface area contributed by atoms with Gasteiger partial charge in [-0.1, -0.05) is 5.16 Å². The van der Waals surface area contributed by atoms with Crippen molar-refractivity contribution in [3.8, 4) is 0 Å². The summed E-state index contributed by atoms with van der Waals surface area (Å²) in [4.78, 5) is 11.4. The van der Waals surface area contributed by atoms with E-state index in [1.54, 1.807) is 6.92 Å². The lowest BCUT2D eigenvalue weighted by molar-refractivity contribution is -0.122. The molecule has 0 aliphatic rings. The number of amides is 1. The summed E-state index contributed by atoms with van der Waals surface area (Å²) in [6.45, 7) is 8.03. The summed E-state index contributed by atoms with van der Waals surface area (Å²) in [7, 11) is 0. The third-order valence-corrected chi connectivity index (χ3v) is 1.88. The van der Waals surface area contributed by atoms with E-state index in [4.69, 9.17) is 10.9 Å². The Morgan fingerprint density at radius 2 is 2.06 bits per heavy atom. The normalized spacial score (nSPS) is 14.6. The summed E-state index contributed by atoms with van der Waals surface area (Å²) in [6, 6.07) is -0.243. The minimum atomic E-state index is -0.243. The number of amidine groups is 1. The van der Waals surface area contributed by atoms with Gasteiger partial charge in [-0.2, -0.15) is 0 Å². The van der Waals surface area contributed by atoms with Crippen molar-refractivity contribution in [1.29, 1.82) is 0 Å². The first-order chi connectivity index (χ1) is 7.26. The van der Waals surface area contributed by atoms with Crippen molar-refractivity contribution < 1.29 is 10.0 Å². The number of nitrogens with one attached hydrogen (secondary N) is 2. The maximum Gasteiger partial charge on any atom is 0.221 e. The highest BCUT2D eigenvalue weighted by molar-refractivity contribution is 5.84. The molecule has 0 aliphatic heterocycles. The lowest BCUT2D eigenvalue weighted by Crippen LogP contribution is -2.44. The van der Waals surface area contributed by atoms with E-state index in [0.717, 1.165) is 0 Å². The lowest BCUT2D eigenvalue weighted by Gasteiger charge is -2.20. The monoisotopic (exact) mass is 230 g/mol. The molecule has 0 aromatic carbocycles. The highest BCUT2D eigenvalue weighted by Crippen LogP contribution is 1.98. The van der Waals surface area contributed by atoms with Crippen LogP contribution in [0.5, 0.6) is 0 Å². The van der Waals surface area contributed by atoms with E-state index in [-0.39, 0.29) is 23.3 Å². The van der Waals surface area contributed by atoms with Crippen LogP contribution in [0.2, 0.25) is 0 Å². The van der Waals surface area contributed by atoms with Crippen LogP contribution in [0.4, 0.5) is 0 Å². The Morgan fingerprint density at radius 3 is 2.50 bits per heavy atom. The van der Waals surface area contributed by atoms with Crippen LogP contribution in [0.1, 0.15) is 34.1 Å². The third-order valence-electron chi connectivity index (χ3n) is 1.88. The van der Waals surface area contributed by atoms with Crippen LogP contribution in [-0.4, -0.2) is 35.1 Å². The van der Waals surface area contributed by atoms with Crippen LogP contribution in [0.3, 0.4) is 0 Å². The van der Waals surface area contributed by atoms with Gasteiger partial charge in [0.25, 0.3) is 0 Å². The predicted molar refractivity (Wildman–Crippen MR) is 63.4 cm³/mol. The molecule has 0 aromatic rings. The van der Waals surface area contributed by atoms with Gasteiger partial charge in [-0.05, 0) is 27.7 Å². The minimum absolute atomic E-state index is 0.0216. The first kappa shape index (κ1) is 14.7. The molecule has 0 aromatic heterocycles. The number of oxime groups is 1. The Bertz CT molecular complexity index is 258. The molecule has 0 radical (unpaired) electrons. The van der Waals surface area contributed by atoms with Gasteiger partial charge in [0, 0.05) is 18.5 Å². The van der Waals surface area contributed by atoms with Gasteiger partial charge in [0.1, 0.15) is 0 Å². The van der Waals surface area contributed by atoms with Crippen molar-refractivity contribution in [2.45, 2.75) is 45.7 Å². The third kappa shape index (κ3) is 7.05. The second-order valence-electron chi connectivity index (χ2n) is 4.75. The fourth-order valence-electron chi connectivity index (χ4n) is 1.07. The van der Waals surface area contributed by atoms with Crippen LogP contribution in [0.25, 0.3) is 0 Å². The molecule has 0 heterocycles. The number of nitrogens with zero attached hydrogens (tertiary/aromatic N) is 1. The number of carbonyl (C=O) groups is 1. The van der Waals surface area contributed by atoms with Gasteiger partial charge < -0.3 is 21.6 Å². The average Bonchev–Trinajstić information content (AvgIpc) is 2.13. The van der Waals surface area contributed by atoms with E-state index in [9.17, 15) is 4.79 Å². The SMILES string of the molecule is CC(NCCC(=O)NC(C)(C)C)C(N)=NO. The molecule has 94 valence electrons. The minimum Gasteiger partial charge on any atom is -0.409 e. The molecule has 1 atom stereocenters. The Balaban J connectivity index is 3.79. The van der Waals surface area contributed by atoms with Crippen molar-refractivity contribution in [3.05, 3.63) is 0 Å². The highest BCUT2D eigenvalue weighted by atomic mass is 16.4. The summed E-state index contributed by atoms with van der Waals surface area (Å²) in [5.41, 5.74) is 5.16. The highest BCUT2D eigenvalue weighted by Gasteiger charge is 2.13. The molecule has 1 amide bonds. The Kier molecular flexibility index (Phi) is 5.81. The first-order valence-electron chi connectivity index (χ1n) is 5.28. The van der Waals surface area contributed by atoms with Gasteiger partial charge >= 0.3 is 0 Å². The number of hydrogen-bond donors (Lipinski definition) is 4. The number of hydrogen-bond acceptors (Lipinski definition) is 4. The second kappa shape index (κ2) is 6.32. The Hall–Kier alpha value is -1.30. The molecule has 0 saturated carbocycles. The molecular weight excluding hydrogens is 208 g/mol. The van der Waals surface area contributed by atoms with Crippen molar-refractivity contribution in [3.63, 3.8) is 0 Å². The lowest BCUT2D eigenvalue weighted by atomic mass is 10.1. The molecule has 6 heteroatoms. The standard InChI is InChI=1S/C10H22N4O2/c1-7(9(11)14-16)12-6-5-8(15)13-10(2,3)4/h7,12,16H,5-6H2,1-4H3,(H2,11,14)(H,13,15). The molecule has 6 nitrogen and oxygen atoms in total. The zero-order chi connectivity index (χ0) is 12.8. The maximum absolute atomic E-state index is 11.4. The van der Waals surface area contributed by atoms with E-state index in [1.807, 2.05) is 20.8 Å².